The summed E-state index contributed by atoms with van der Waals surface area (Å²) in [5.74, 6) is 2.03. The third-order valence-electron chi connectivity index (χ3n) is 4.28. The molecule has 4 rings (SSSR count). The molecule has 3 aromatic rings. The summed E-state index contributed by atoms with van der Waals surface area (Å²) < 4.78 is 11.2. The standard InChI is InChI=1S/C21H19NO3S/c23-20(19-10-5-12-24-19)22-11-13-26-21(22)17-8-4-9-18(14-17)25-15-16-6-2-1-3-7-16/h1-10,12,14,21H,11,13,15H2/t21-/m1/s1. The van der Waals surface area contributed by atoms with E-state index in [1.165, 1.54) is 6.26 Å². The van der Waals surface area contributed by atoms with E-state index in [1.54, 1.807) is 23.9 Å². The molecule has 1 amide bonds. The van der Waals surface area contributed by atoms with Crippen molar-refractivity contribution in [1.29, 1.82) is 0 Å². The Morgan fingerprint density at radius 2 is 2.00 bits per heavy atom. The SMILES string of the molecule is O=C(c1ccco1)N1CCS[C@@H]1c1cccc(OCc2ccccc2)c1. The molecule has 0 saturated carbocycles. The fourth-order valence-electron chi connectivity index (χ4n) is 2.99. The summed E-state index contributed by atoms with van der Waals surface area (Å²) >= 11 is 1.76. The van der Waals surface area contributed by atoms with Crippen LogP contribution in [-0.2, 0) is 6.61 Å². The zero-order valence-corrected chi connectivity index (χ0v) is 15.0. The second kappa shape index (κ2) is 7.70. The maximum absolute atomic E-state index is 12.7. The van der Waals surface area contributed by atoms with Crippen molar-refractivity contribution in [3.8, 4) is 5.75 Å². The first-order valence-corrected chi connectivity index (χ1v) is 9.59. The monoisotopic (exact) mass is 365 g/mol. The average Bonchev–Trinajstić information content (AvgIpc) is 3.39. The average molecular weight is 365 g/mol. The van der Waals surface area contributed by atoms with Gasteiger partial charge in [0.2, 0.25) is 0 Å². The third-order valence-corrected chi connectivity index (χ3v) is 5.54. The van der Waals surface area contributed by atoms with Gasteiger partial charge in [0.05, 0.1) is 6.26 Å². The van der Waals surface area contributed by atoms with Crippen LogP contribution in [0.25, 0.3) is 0 Å². The number of benzene rings is 2. The number of hydrogen-bond donors (Lipinski definition) is 0. The normalized spacial score (nSPS) is 16.6. The third kappa shape index (κ3) is 3.63. The molecule has 132 valence electrons. The molecule has 0 bridgehead atoms. The second-order valence-corrected chi connectivity index (χ2v) is 7.23. The van der Waals surface area contributed by atoms with Crippen molar-refractivity contribution in [2.45, 2.75) is 12.0 Å². The summed E-state index contributed by atoms with van der Waals surface area (Å²) in [5.41, 5.74) is 2.20. The molecule has 1 saturated heterocycles. The van der Waals surface area contributed by atoms with E-state index in [0.717, 1.165) is 22.6 Å². The van der Waals surface area contributed by atoms with Crippen LogP contribution in [-0.4, -0.2) is 23.1 Å². The summed E-state index contributed by atoms with van der Waals surface area (Å²) in [4.78, 5) is 14.5. The first kappa shape index (κ1) is 16.8. The Morgan fingerprint density at radius 1 is 1.12 bits per heavy atom. The van der Waals surface area contributed by atoms with Crippen LogP contribution in [0.4, 0.5) is 0 Å². The van der Waals surface area contributed by atoms with E-state index in [4.69, 9.17) is 9.15 Å². The smallest absolute Gasteiger partial charge is 0.290 e. The van der Waals surface area contributed by atoms with Gasteiger partial charge in [0.1, 0.15) is 17.7 Å². The molecule has 26 heavy (non-hydrogen) atoms. The molecule has 1 aliphatic heterocycles. The van der Waals surface area contributed by atoms with Gasteiger partial charge in [0, 0.05) is 12.3 Å². The number of rotatable bonds is 5. The lowest BCUT2D eigenvalue weighted by molar-refractivity contribution is 0.0728. The Morgan fingerprint density at radius 3 is 2.81 bits per heavy atom. The van der Waals surface area contributed by atoms with Crippen LogP contribution in [0.15, 0.2) is 77.4 Å². The van der Waals surface area contributed by atoms with Crippen molar-refractivity contribution in [3.63, 3.8) is 0 Å². The Kier molecular flexibility index (Phi) is 4.97. The van der Waals surface area contributed by atoms with Crippen LogP contribution in [0, 0.1) is 0 Å². The van der Waals surface area contributed by atoms with Crippen molar-refractivity contribution in [2.75, 3.05) is 12.3 Å². The molecule has 2 aromatic carbocycles. The van der Waals surface area contributed by atoms with E-state index >= 15 is 0 Å². The summed E-state index contributed by atoms with van der Waals surface area (Å²) in [6.45, 7) is 1.24. The molecule has 0 N–H and O–H groups in total. The molecular weight excluding hydrogens is 346 g/mol. The lowest BCUT2D eigenvalue weighted by atomic mass is 10.2. The summed E-state index contributed by atoms with van der Waals surface area (Å²) in [7, 11) is 0. The number of nitrogens with zero attached hydrogens (tertiary/aromatic N) is 1. The number of carbonyl (C=O) groups excluding carboxylic acids is 1. The molecule has 1 aliphatic rings. The summed E-state index contributed by atoms with van der Waals surface area (Å²) in [6, 6.07) is 21.5. The molecule has 1 fully saturated rings. The fourth-order valence-corrected chi connectivity index (χ4v) is 4.24. The lowest BCUT2D eigenvalue weighted by Crippen LogP contribution is -2.30. The Labute approximate surface area is 156 Å². The zero-order chi connectivity index (χ0) is 17.8. The van der Waals surface area contributed by atoms with Gasteiger partial charge < -0.3 is 14.1 Å². The molecule has 5 heteroatoms. The minimum atomic E-state index is -0.0689. The van der Waals surface area contributed by atoms with Crippen LogP contribution < -0.4 is 4.74 Å². The molecule has 0 spiro atoms. The lowest BCUT2D eigenvalue weighted by Gasteiger charge is -2.23. The van der Waals surface area contributed by atoms with Crippen LogP contribution in [0.5, 0.6) is 5.75 Å². The van der Waals surface area contributed by atoms with Crippen LogP contribution >= 0.6 is 11.8 Å². The largest absolute Gasteiger partial charge is 0.489 e. The molecule has 1 atom stereocenters. The van der Waals surface area contributed by atoms with Gasteiger partial charge in [-0.2, -0.15) is 0 Å². The van der Waals surface area contributed by atoms with Crippen LogP contribution in [0.2, 0.25) is 0 Å². The number of carbonyl (C=O) groups is 1. The maximum Gasteiger partial charge on any atom is 0.290 e. The number of ether oxygens (including phenoxy) is 1. The van der Waals surface area contributed by atoms with E-state index in [0.29, 0.717) is 18.9 Å². The Balaban J connectivity index is 1.49. The number of furan rings is 1. The van der Waals surface area contributed by atoms with Crippen molar-refractivity contribution in [2.24, 2.45) is 0 Å². The van der Waals surface area contributed by atoms with E-state index < -0.39 is 0 Å². The molecule has 0 aliphatic carbocycles. The van der Waals surface area contributed by atoms with Crippen molar-refractivity contribution < 1.29 is 13.9 Å². The van der Waals surface area contributed by atoms with E-state index in [9.17, 15) is 4.79 Å². The highest BCUT2D eigenvalue weighted by atomic mass is 32.2. The van der Waals surface area contributed by atoms with Gasteiger partial charge in [-0.15, -0.1) is 11.8 Å². The van der Waals surface area contributed by atoms with Gasteiger partial charge in [0.15, 0.2) is 5.76 Å². The topological polar surface area (TPSA) is 42.7 Å². The highest BCUT2D eigenvalue weighted by molar-refractivity contribution is 7.99. The van der Waals surface area contributed by atoms with Gasteiger partial charge in [-0.1, -0.05) is 42.5 Å². The number of hydrogen-bond acceptors (Lipinski definition) is 4. The minimum Gasteiger partial charge on any atom is -0.489 e. The molecule has 0 unspecified atom stereocenters. The first-order valence-electron chi connectivity index (χ1n) is 8.54. The fraction of sp³-hybridized carbons (Fsp3) is 0.190. The predicted molar refractivity (Wildman–Crippen MR) is 102 cm³/mol. The minimum absolute atomic E-state index is 0.0205. The second-order valence-electron chi connectivity index (χ2n) is 6.05. The molecule has 1 aromatic heterocycles. The molecule has 4 nitrogen and oxygen atoms in total. The van der Waals surface area contributed by atoms with Gasteiger partial charge in [0.25, 0.3) is 5.91 Å². The van der Waals surface area contributed by atoms with E-state index in [-0.39, 0.29) is 11.3 Å². The van der Waals surface area contributed by atoms with Crippen molar-refractivity contribution >= 4 is 17.7 Å². The van der Waals surface area contributed by atoms with Gasteiger partial charge in [-0.25, -0.2) is 0 Å². The highest BCUT2D eigenvalue weighted by Crippen LogP contribution is 2.39. The van der Waals surface area contributed by atoms with Gasteiger partial charge in [-0.05, 0) is 35.4 Å². The van der Waals surface area contributed by atoms with Crippen LogP contribution in [0.3, 0.4) is 0 Å². The molecular formula is C21H19NO3S. The van der Waals surface area contributed by atoms with E-state index in [1.807, 2.05) is 59.5 Å². The maximum atomic E-state index is 12.7. The number of thioether (sulfide) groups is 1. The van der Waals surface area contributed by atoms with Crippen LogP contribution in [0.1, 0.15) is 27.1 Å². The zero-order valence-electron chi connectivity index (χ0n) is 14.2. The predicted octanol–water partition coefficient (Wildman–Crippen LogP) is 4.75. The van der Waals surface area contributed by atoms with Gasteiger partial charge in [-0.3, -0.25) is 4.79 Å². The van der Waals surface area contributed by atoms with Crippen molar-refractivity contribution in [3.05, 3.63) is 89.9 Å². The van der Waals surface area contributed by atoms with Gasteiger partial charge >= 0.3 is 0 Å². The van der Waals surface area contributed by atoms with Crippen molar-refractivity contribution in [1.82, 2.24) is 4.90 Å². The molecule has 0 radical (unpaired) electrons. The molecule has 2 heterocycles. The number of amides is 1. The quantitative estimate of drug-likeness (QED) is 0.655. The first-order chi connectivity index (χ1) is 12.8. The Hall–Kier alpha value is -2.66. The van der Waals surface area contributed by atoms with E-state index in [2.05, 4.69) is 0 Å². The summed E-state index contributed by atoms with van der Waals surface area (Å²) in [6.07, 6.45) is 1.53. The Bertz CT molecular complexity index is 864. The summed E-state index contributed by atoms with van der Waals surface area (Å²) in [5, 5.41) is -0.0205. The highest BCUT2D eigenvalue weighted by Gasteiger charge is 2.32.